The maximum absolute atomic E-state index is 13.5. The molecule has 0 bridgehead atoms. The lowest BCUT2D eigenvalue weighted by Crippen LogP contribution is -2.16. The van der Waals surface area contributed by atoms with Gasteiger partial charge in [-0.1, -0.05) is 0 Å². The third kappa shape index (κ3) is 2.51. The molecule has 9 heteroatoms. The zero-order valence-corrected chi connectivity index (χ0v) is 9.72. The molecule has 0 radical (unpaired) electrons. The van der Waals surface area contributed by atoms with E-state index in [4.69, 9.17) is 5.73 Å². The van der Waals surface area contributed by atoms with Crippen LogP contribution in [0.25, 0.3) is 0 Å². The van der Waals surface area contributed by atoms with E-state index in [0.29, 0.717) is 0 Å². The molecule has 0 saturated carbocycles. The van der Waals surface area contributed by atoms with Crippen LogP contribution in [0.4, 0.5) is 16.0 Å². The highest BCUT2D eigenvalue weighted by atomic mass is 32.2. The van der Waals surface area contributed by atoms with Gasteiger partial charge in [-0.2, -0.15) is 5.10 Å². The third-order valence-electron chi connectivity index (χ3n) is 1.95. The van der Waals surface area contributed by atoms with Crippen molar-refractivity contribution in [2.24, 2.45) is 0 Å². The second-order valence-electron chi connectivity index (χ2n) is 3.26. The van der Waals surface area contributed by atoms with Crippen molar-refractivity contribution in [1.29, 1.82) is 0 Å². The molecule has 0 fully saturated rings. The third-order valence-corrected chi connectivity index (χ3v) is 3.32. The second kappa shape index (κ2) is 4.53. The molecule has 0 aliphatic rings. The first-order valence-electron chi connectivity index (χ1n) is 4.70. The number of anilines is 2. The highest BCUT2D eigenvalue weighted by Crippen LogP contribution is 2.18. The maximum Gasteiger partial charge on any atom is 0.267 e. The van der Waals surface area contributed by atoms with Crippen LogP contribution in [0.3, 0.4) is 0 Å². The number of nitrogens with two attached hydrogens (primary N) is 1. The summed E-state index contributed by atoms with van der Waals surface area (Å²) in [5.74, 6) is -1.19. The maximum atomic E-state index is 13.5. The number of hydrogen-bond donors (Lipinski definition) is 2. The molecule has 0 amide bonds. The van der Waals surface area contributed by atoms with E-state index < -0.39 is 20.7 Å². The van der Waals surface area contributed by atoms with Crippen molar-refractivity contribution in [2.75, 3.05) is 10.5 Å². The lowest BCUT2D eigenvalue weighted by atomic mass is 10.3. The van der Waals surface area contributed by atoms with Crippen molar-refractivity contribution in [1.82, 2.24) is 15.2 Å². The summed E-state index contributed by atoms with van der Waals surface area (Å²) in [6.07, 6.45) is 2.53. The van der Waals surface area contributed by atoms with Gasteiger partial charge in [-0.15, -0.1) is 5.10 Å². The zero-order valence-electron chi connectivity index (χ0n) is 8.91. The smallest absolute Gasteiger partial charge is 0.267 e. The lowest BCUT2D eigenvalue weighted by Gasteiger charge is -2.06. The van der Waals surface area contributed by atoms with E-state index >= 15 is 0 Å². The Bertz CT molecular complexity index is 662. The molecule has 0 aliphatic heterocycles. The van der Waals surface area contributed by atoms with Crippen molar-refractivity contribution in [2.45, 2.75) is 4.90 Å². The number of halogens is 1. The van der Waals surface area contributed by atoms with Crippen molar-refractivity contribution in [3.8, 4) is 0 Å². The number of hydrogen-bond acceptors (Lipinski definition) is 6. The summed E-state index contributed by atoms with van der Waals surface area (Å²) in [6.45, 7) is 0. The molecule has 0 aliphatic carbocycles. The number of nitrogen functional groups attached to an aromatic ring is 1. The summed E-state index contributed by atoms with van der Waals surface area (Å²) in [7, 11) is -4.11. The number of sulfonamides is 1. The molecule has 2 rings (SSSR count). The van der Waals surface area contributed by atoms with E-state index in [1.54, 1.807) is 0 Å². The van der Waals surface area contributed by atoms with E-state index in [0.717, 1.165) is 12.1 Å². The molecule has 94 valence electrons. The summed E-state index contributed by atoms with van der Waals surface area (Å²) >= 11 is 0. The van der Waals surface area contributed by atoms with Crippen LogP contribution in [0.15, 0.2) is 35.5 Å². The summed E-state index contributed by atoms with van der Waals surface area (Å²) in [5, 5.41) is 6.88. The van der Waals surface area contributed by atoms with Crippen LogP contribution in [0.1, 0.15) is 0 Å². The van der Waals surface area contributed by atoms with Gasteiger partial charge in [-0.25, -0.2) is 22.5 Å². The molecule has 0 unspecified atom stereocenters. The van der Waals surface area contributed by atoms with Gasteiger partial charge in [0.15, 0.2) is 0 Å². The van der Waals surface area contributed by atoms with Crippen molar-refractivity contribution >= 4 is 21.7 Å². The van der Waals surface area contributed by atoms with Crippen LogP contribution in [-0.2, 0) is 10.0 Å². The minimum absolute atomic E-state index is 0.129. The van der Waals surface area contributed by atoms with Gasteiger partial charge in [0, 0.05) is 5.69 Å². The normalized spacial score (nSPS) is 11.2. The molecule has 3 N–H and O–H groups in total. The highest BCUT2D eigenvalue weighted by molar-refractivity contribution is 7.92. The van der Waals surface area contributed by atoms with Crippen molar-refractivity contribution in [3.63, 3.8) is 0 Å². The fraction of sp³-hybridized carbons (Fsp3) is 0. The molecule has 0 saturated heterocycles. The van der Waals surface area contributed by atoms with Gasteiger partial charge in [-0.3, -0.25) is 0 Å². The van der Waals surface area contributed by atoms with Crippen LogP contribution in [-0.4, -0.2) is 23.6 Å². The van der Waals surface area contributed by atoms with Gasteiger partial charge in [0.1, 0.15) is 10.7 Å². The van der Waals surface area contributed by atoms with E-state index in [9.17, 15) is 12.8 Å². The van der Waals surface area contributed by atoms with Gasteiger partial charge >= 0.3 is 0 Å². The average molecular weight is 269 g/mol. The quantitative estimate of drug-likeness (QED) is 0.780. The number of benzene rings is 1. The largest absolute Gasteiger partial charge is 0.399 e. The predicted molar refractivity (Wildman–Crippen MR) is 61.4 cm³/mol. The minimum atomic E-state index is -4.11. The SMILES string of the molecule is Nc1ccc(S(=O)(=O)Nc2nccnn2)c(F)c1. The molecule has 7 nitrogen and oxygen atoms in total. The second-order valence-corrected chi connectivity index (χ2v) is 4.91. The lowest BCUT2D eigenvalue weighted by molar-refractivity contribution is 0.570. The van der Waals surface area contributed by atoms with E-state index in [1.807, 2.05) is 4.72 Å². The molecule has 1 aromatic carbocycles. The number of nitrogens with zero attached hydrogens (tertiary/aromatic N) is 3. The number of nitrogens with one attached hydrogen (secondary N) is 1. The van der Waals surface area contributed by atoms with Crippen LogP contribution in [0, 0.1) is 5.82 Å². The number of aromatic nitrogens is 3. The Balaban J connectivity index is 2.37. The van der Waals surface area contributed by atoms with Gasteiger partial charge in [0.25, 0.3) is 16.0 Å². The summed E-state index contributed by atoms with van der Waals surface area (Å²) in [4.78, 5) is 3.09. The molecule has 0 spiro atoms. The first-order valence-corrected chi connectivity index (χ1v) is 6.19. The molecule has 0 atom stereocenters. The fourth-order valence-corrected chi connectivity index (χ4v) is 2.21. The zero-order chi connectivity index (χ0) is 13.2. The van der Waals surface area contributed by atoms with E-state index in [1.165, 1.54) is 18.5 Å². The highest BCUT2D eigenvalue weighted by Gasteiger charge is 2.20. The first-order chi connectivity index (χ1) is 8.49. The number of rotatable bonds is 3. The van der Waals surface area contributed by atoms with Crippen molar-refractivity contribution in [3.05, 3.63) is 36.4 Å². The Labute approximate surface area is 102 Å². The van der Waals surface area contributed by atoms with Crippen LogP contribution < -0.4 is 10.5 Å². The van der Waals surface area contributed by atoms with Gasteiger partial charge in [0.05, 0.1) is 12.4 Å². The van der Waals surface area contributed by atoms with Gasteiger partial charge < -0.3 is 5.73 Å². The Morgan fingerprint density at radius 3 is 2.67 bits per heavy atom. The molecule has 2 aromatic rings. The molecule has 1 aromatic heterocycles. The van der Waals surface area contributed by atoms with E-state index in [-0.39, 0.29) is 11.6 Å². The van der Waals surface area contributed by atoms with E-state index in [2.05, 4.69) is 15.2 Å². The van der Waals surface area contributed by atoms with Gasteiger partial charge in [0.2, 0.25) is 0 Å². The Kier molecular flexibility index (Phi) is 3.06. The average Bonchev–Trinajstić information content (AvgIpc) is 2.29. The predicted octanol–water partition coefficient (Wildman–Crippen LogP) is 0.394. The standard InChI is InChI=1S/C9H8FN5O2S/c10-7-5-6(11)1-2-8(7)18(16,17)15-9-12-3-4-13-14-9/h1-5H,11H2,(H,12,14,15). The van der Waals surface area contributed by atoms with Gasteiger partial charge in [-0.05, 0) is 18.2 Å². The fourth-order valence-electron chi connectivity index (χ4n) is 1.20. The summed E-state index contributed by atoms with van der Waals surface area (Å²) in [6, 6.07) is 3.25. The molecular weight excluding hydrogens is 261 g/mol. The summed E-state index contributed by atoms with van der Waals surface area (Å²) < 4.78 is 39.2. The summed E-state index contributed by atoms with van der Waals surface area (Å²) in [5.41, 5.74) is 5.46. The molecule has 18 heavy (non-hydrogen) atoms. The molecular formula is C9H8FN5O2S. The van der Waals surface area contributed by atoms with Crippen LogP contribution in [0.2, 0.25) is 0 Å². The topological polar surface area (TPSA) is 111 Å². The first kappa shape index (κ1) is 12.2. The minimum Gasteiger partial charge on any atom is -0.399 e. The van der Waals surface area contributed by atoms with Crippen LogP contribution >= 0.6 is 0 Å². The van der Waals surface area contributed by atoms with Crippen molar-refractivity contribution < 1.29 is 12.8 Å². The Morgan fingerprint density at radius 1 is 1.28 bits per heavy atom. The Morgan fingerprint density at radius 2 is 2.06 bits per heavy atom. The molecule has 1 heterocycles. The van der Waals surface area contributed by atoms with Crippen LogP contribution in [0.5, 0.6) is 0 Å². The monoisotopic (exact) mass is 269 g/mol. The Hall–Kier alpha value is -2.29.